The van der Waals surface area contributed by atoms with Crippen molar-refractivity contribution in [3.63, 3.8) is 0 Å². The second kappa shape index (κ2) is 8.82. The summed E-state index contributed by atoms with van der Waals surface area (Å²) in [5.41, 5.74) is 0.209. The summed E-state index contributed by atoms with van der Waals surface area (Å²) in [4.78, 5) is 55.5. The molecule has 0 unspecified atom stereocenters. The highest BCUT2D eigenvalue weighted by Crippen LogP contribution is 2.59. The maximum absolute atomic E-state index is 13.9. The predicted octanol–water partition coefficient (Wildman–Crippen LogP) is 1.79. The van der Waals surface area contributed by atoms with Gasteiger partial charge in [0, 0.05) is 36.3 Å². The summed E-state index contributed by atoms with van der Waals surface area (Å²) in [6, 6.07) is 5.21. The van der Waals surface area contributed by atoms with E-state index in [4.69, 9.17) is 9.47 Å². The second-order valence-corrected chi connectivity index (χ2v) is 14.9. The number of ether oxygens (including phenoxy) is 2. The van der Waals surface area contributed by atoms with E-state index in [1.807, 2.05) is 32.2 Å². The second-order valence-electron chi connectivity index (χ2n) is 11.0. The summed E-state index contributed by atoms with van der Waals surface area (Å²) in [5, 5.41) is 9.70. The number of carbonyl (C=O) groups is 3. The topological polar surface area (TPSA) is 120 Å². The zero-order chi connectivity index (χ0) is 26.0. The fourth-order valence-electron chi connectivity index (χ4n) is 6.81. The number of anilines is 2. The monoisotopic (exact) mass is 517 g/mol. The van der Waals surface area contributed by atoms with Crippen molar-refractivity contribution in [3.05, 3.63) is 23.8 Å². The van der Waals surface area contributed by atoms with Gasteiger partial charge in [-0.2, -0.15) is 0 Å². The number of aliphatic hydroxyl groups is 1. The molecule has 3 saturated heterocycles. The molecule has 0 bridgehead atoms. The first-order valence-electron chi connectivity index (χ1n) is 12.7. The summed E-state index contributed by atoms with van der Waals surface area (Å²) < 4.78 is 11.8. The largest absolute Gasteiger partial charge is 0.447 e. The van der Waals surface area contributed by atoms with Crippen molar-refractivity contribution in [3.8, 4) is 0 Å². The molecule has 1 aromatic carbocycles. The van der Waals surface area contributed by atoms with Crippen LogP contribution in [0.4, 0.5) is 16.2 Å². The molecule has 11 heteroatoms. The molecule has 0 aliphatic carbocycles. The van der Waals surface area contributed by atoms with E-state index in [1.54, 1.807) is 22.9 Å². The maximum atomic E-state index is 13.9. The number of benzene rings is 1. The molecule has 5 rings (SSSR count). The third-order valence-corrected chi connectivity index (χ3v) is 11.0. The SMILES string of the molecule is C[C@@H]1[C@@H]([Si](C)(C)O)[C@H](CC(=O)N2CCC[C@H]2CO)O[C@@]12C(=O)N(C)c1ccc(N3CCOC3=O)cc12. The summed E-state index contributed by atoms with van der Waals surface area (Å²) >= 11 is 0. The number of cyclic esters (lactones) is 1. The fraction of sp³-hybridized carbons (Fsp3) is 0.640. The average molecular weight is 518 g/mol. The van der Waals surface area contributed by atoms with Crippen LogP contribution < -0.4 is 9.80 Å². The molecule has 3 amide bonds. The van der Waals surface area contributed by atoms with Crippen molar-refractivity contribution in [2.75, 3.05) is 43.2 Å². The highest BCUT2D eigenvalue weighted by Gasteiger charge is 2.66. The molecule has 1 aromatic rings. The van der Waals surface area contributed by atoms with Crippen LogP contribution in [-0.2, 0) is 24.7 Å². The van der Waals surface area contributed by atoms with Gasteiger partial charge < -0.3 is 29.2 Å². The minimum Gasteiger partial charge on any atom is -0.447 e. The van der Waals surface area contributed by atoms with E-state index < -0.39 is 32.0 Å². The van der Waals surface area contributed by atoms with E-state index >= 15 is 0 Å². The quantitative estimate of drug-likeness (QED) is 0.572. The highest BCUT2D eigenvalue weighted by atomic mass is 28.4. The van der Waals surface area contributed by atoms with E-state index in [2.05, 4.69) is 0 Å². The first-order valence-corrected chi connectivity index (χ1v) is 15.7. The Hall–Kier alpha value is -2.47. The molecule has 0 aromatic heterocycles. The van der Waals surface area contributed by atoms with Gasteiger partial charge in [-0.15, -0.1) is 0 Å². The molecule has 0 radical (unpaired) electrons. The van der Waals surface area contributed by atoms with Gasteiger partial charge in [0.15, 0.2) is 13.9 Å². The van der Waals surface area contributed by atoms with Crippen molar-refractivity contribution in [1.29, 1.82) is 0 Å². The molecule has 1 spiro atoms. The smallest absolute Gasteiger partial charge is 0.414 e. The van der Waals surface area contributed by atoms with Gasteiger partial charge in [-0.05, 0) is 44.1 Å². The predicted molar refractivity (Wildman–Crippen MR) is 134 cm³/mol. The van der Waals surface area contributed by atoms with Gasteiger partial charge in [-0.25, -0.2) is 4.79 Å². The number of likely N-dealkylation sites (N-methyl/N-ethyl adjacent to an activating group) is 1. The maximum Gasteiger partial charge on any atom is 0.414 e. The van der Waals surface area contributed by atoms with Crippen molar-refractivity contribution >= 4 is 37.6 Å². The molecule has 36 heavy (non-hydrogen) atoms. The normalized spacial score (nSPS) is 32.1. The fourth-order valence-corrected chi connectivity index (χ4v) is 9.36. The Kier molecular flexibility index (Phi) is 6.17. The minimum atomic E-state index is -2.90. The molecular formula is C25H35N3O7Si. The zero-order valence-electron chi connectivity index (χ0n) is 21.3. The van der Waals surface area contributed by atoms with E-state index in [0.29, 0.717) is 36.6 Å². The molecule has 4 aliphatic rings. The zero-order valence-corrected chi connectivity index (χ0v) is 22.3. The first kappa shape index (κ1) is 25.2. The molecule has 4 aliphatic heterocycles. The summed E-state index contributed by atoms with van der Waals surface area (Å²) in [6.45, 7) is 6.78. The van der Waals surface area contributed by atoms with Gasteiger partial charge in [0.1, 0.15) is 6.61 Å². The van der Waals surface area contributed by atoms with Crippen LogP contribution in [0.3, 0.4) is 0 Å². The van der Waals surface area contributed by atoms with E-state index in [9.17, 15) is 24.3 Å². The number of rotatable bonds is 5. The Labute approximate surface area is 211 Å². The van der Waals surface area contributed by atoms with Crippen molar-refractivity contribution in [2.24, 2.45) is 5.92 Å². The molecule has 4 heterocycles. The van der Waals surface area contributed by atoms with Crippen molar-refractivity contribution < 1.29 is 33.8 Å². The summed E-state index contributed by atoms with van der Waals surface area (Å²) in [5.74, 6) is -0.762. The summed E-state index contributed by atoms with van der Waals surface area (Å²) in [7, 11) is -1.20. The standard InChI is InChI=1S/C25H35N3O7Si/c1-15-22(36(3,4)33)20(13-21(30)27-9-5-6-17(27)14-29)35-25(15)18-12-16(28-10-11-34-24(28)32)7-8-19(18)26(2)23(25)31/h7-8,12,15,17,20,22,29,33H,5-6,9-11,13-14H2,1-4H3/t15-,17+,20+,22-,25+/m1/s1. The lowest BCUT2D eigenvalue weighted by Crippen LogP contribution is -2.45. The van der Waals surface area contributed by atoms with Gasteiger partial charge >= 0.3 is 6.09 Å². The van der Waals surface area contributed by atoms with Crippen LogP contribution in [0.15, 0.2) is 18.2 Å². The molecule has 0 saturated carbocycles. The minimum absolute atomic E-state index is 0.0364. The van der Waals surface area contributed by atoms with E-state index in [-0.39, 0.29) is 36.4 Å². The number of hydrogen-bond donors (Lipinski definition) is 2. The van der Waals surface area contributed by atoms with Crippen LogP contribution in [0.1, 0.15) is 31.7 Å². The molecule has 196 valence electrons. The number of fused-ring (bicyclic) bond motifs is 2. The van der Waals surface area contributed by atoms with Crippen molar-refractivity contribution in [2.45, 2.75) is 62.6 Å². The van der Waals surface area contributed by atoms with Crippen LogP contribution in [0.5, 0.6) is 0 Å². The van der Waals surface area contributed by atoms with E-state index in [0.717, 1.165) is 12.8 Å². The Morgan fingerprint density at radius 2 is 2.00 bits per heavy atom. The van der Waals surface area contributed by atoms with Crippen LogP contribution in [0, 0.1) is 5.92 Å². The van der Waals surface area contributed by atoms with Gasteiger partial charge in [-0.3, -0.25) is 14.5 Å². The molecule has 3 fully saturated rings. The lowest BCUT2D eigenvalue weighted by Gasteiger charge is -2.32. The van der Waals surface area contributed by atoms with Gasteiger partial charge in [0.25, 0.3) is 5.91 Å². The molecular weight excluding hydrogens is 482 g/mol. The first-order chi connectivity index (χ1) is 17.0. The molecule has 2 N–H and O–H groups in total. The lowest BCUT2D eigenvalue weighted by molar-refractivity contribution is -0.149. The van der Waals surface area contributed by atoms with Crippen LogP contribution in [0.2, 0.25) is 18.6 Å². The Morgan fingerprint density at radius 1 is 1.25 bits per heavy atom. The highest BCUT2D eigenvalue weighted by molar-refractivity contribution is 6.71. The average Bonchev–Trinajstić information content (AvgIpc) is 3.57. The summed E-state index contributed by atoms with van der Waals surface area (Å²) in [6.07, 6.45) is 0.551. The molecule has 5 atom stereocenters. The van der Waals surface area contributed by atoms with Crippen molar-refractivity contribution in [1.82, 2.24) is 4.90 Å². The lowest BCUT2D eigenvalue weighted by atomic mass is 9.82. The Bertz CT molecular complexity index is 1090. The third-order valence-electron chi connectivity index (χ3n) is 8.45. The van der Waals surface area contributed by atoms with Gasteiger partial charge in [0.05, 0.1) is 37.4 Å². The molecule has 10 nitrogen and oxygen atoms in total. The van der Waals surface area contributed by atoms with Crippen LogP contribution in [-0.4, -0.2) is 86.5 Å². The number of amides is 3. The Balaban J connectivity index is 1.54. The number of carbonyl (C=O) groups excluding carboxylic acids is 3. The Morgan fingerprint density at radius 3 is 2.64 bits per heavy atom. The number of aliphatic hydroxyl groups excluding tert-OH is 1. The number of likely N-dealkylation sites (tertiary alicyclic amines) is 1. The van der Waals surface area contributed by atoms with E-state index in [1.165, 1.54) is 4.90 Å². The number of nitrogens with zero attached hydrogens (tertiary/aromatic N) is 3. The van der Waals surface area contributed by atoms with Gasteiger partial charge in [-0.1, -0.05) is 6.92 Å². The van der Waals surface area contributed by atoms with Gasteiger partial charge in [0.2, 0.25) is 5.91 Å². The van der Waals surface area contributed by atoms with Crippen LogP contribution in [0.25, 0.3) is 0 Å². The number of hydrogen-bond acceptors (Lipinski definition) is 7. The third kappa shape index (κ3) is 3.67. The van der Waals surface area contributed by atoms with Crippen LogP contribution >= 0.6 is 0 Å².